The number of aromatic nitrogens is 2. The zero-order chi connectivity index (χ0) is 21.8. The van der Waals surface area contributed by atoms with Crippen molar-refractivity contribution in [2.24, 2.45) is 0 Å². The molecule has 9 heteroatoms. The lowest BCUT2D eigenvalue weighted by atomic mass is 10.1. The van der Waals surface area contributed by atoms with Gasteiger partial charge < -0.3 is 9.15 Å². The van der Waals surface area contributed by atoms with Gasteiger partial charge >= 0.3 is 12.2 Å². The van der Waals surface area contributed by atoms with Crippen molar-refractivity contribution in [1.82, 2.24) is 10.2 Å². The van der Waals surface area contributed by atoms with E-state index in [-0.39, 0.29) is 29.0 Å². The summed E-state index contributed by atoms with van der Waals surface area (Å²) < 4.78 is 49.8. The second kappa shape index (κ2) is 8.31. The van der Waals surface area contributed by atoms with Crippen LogP contribution in [0.4, 0.5) is 19.2 Å². The van der Waals surface area contributed by atoms with Crippen LogP contribution < -0.4 is 10.1 Å². The van der Waals surface area contributed by atoms with E-state index in [1.165, 1.54) is 24.3 Å². The lowest BCUT2D eigenvalue weighted by Crippen LogP contribution is -2.13. The molecule has 0 fully saturated rings. The molecule has 0 spiro atoms. The molecule has 0 atom stereocenters. The van der Waals surface area contributed by atoms with E-state index in [0.717, 1.165) is 12.1 Å². The Labute approximate surface area is 174 Å². The van der Waals surface area contributed by atoms with Crippen LogP contribution >= 0.6 is 0 Å². The lowest BCUT2D eigenvalue weighted by Gasteiger charge is -2.12. The molecule has 4 rings (SSSR count). The van der Waals surface area contributed by atoms with Crippen molar-refractivity contribution in [1.29, 1.82) is 0 Å². The molecule has 0 aliphatic rings. The van der Waals surface area contributed by atoms with E-state index in [1.807, 2.05) is 6.07 Å². The minimum Gasteiger partial charge on any atom is -0.457 e. The summed E-state index contributed by atoms with van der Waals surface area (Å²) in [5.41, 5.74) is -0.0885. The molecule has 1 N–H and O–H groups in total. The highest BCUT2D eigenvalue weighted by atomic mass is 19.4. The van der Waals surface area contributed by atoms with E-state index in [9.17, 15) is 18.0 Å². The van der Waals surface area contributed by atoms with Gasteiger partial charge in [0.25, 0.3) is 5.91 Å². The lowest BCUT2D eigenvalue weighted by molar-refractivity contribution is -0.137. The monoisotopic (exact) mass is 425 g/mol. The molecule has 1 aromatic heterocycles. The summed E-state index contributed by atoms with van der Waals surface area (Å²) in [6, 6.07) is 19.4. The minimum atomic E-state index is -4.51. The first kappa shape index (κ1) is 20.1. The molecule has 4 aromatic rings. The van der Waals surface area contributed by atoms with Crippen LogP contribution in [0.15, 0.2) is 83.3 Å². The van der Waals surface area contributed by atoms with E-state index in [0.29, 0.717) is 5.56 Å². The van der Waals surface area contributed by atoms with Crippen molar-refractivity contribution in [2.75, 3.05) is 5.32 Å². The topological polar surface area (TPSA) is 77.3 Å². The largest absolute Gasteiger partial charge is 0.457 e. The SMILES string of the molecule is O=C(Nc1nnc(-c2ccccc2)o1)c1ccccc1Oc1cccc(C(F)(F)F)c1. The second-order valence-electron chi connectivity index (χ2n) is 6.36. The van der Waals surface area contributed by atoms with Crippen LogP contribution in [0, 0.1) is 0 Å². The van der Waals surface area contributed by atoms with Crippen LogP contribution in [0.1, 0.15) is 15.9 Å². The summed E-state index contributed by atoms with van der Waals surface area (Å²) in [6.45, 7) is 0. The van der Waals surface area contributed by atoms with E-state index in [1.54, 1.807) is 36.4 Å². The van der Waals surface area contributed by atoms with Gasteiger partial charge in [-0.1, -0.05) is 41.5 Å². The summed E-state index contributed by atoms with van der Waals surface area (Å²) in [4.78, 5) is 12.7. The zero-order valence-electron chi connectivity index (χ0n) is 15.8. The number of anilines is 1. The Balaban J connectivity index is 1.54. The molecule has 1 amide bonds. The predicted molar refractivity (Wildman–Crippen MR) is 106 cm³/mol. The molecule has 156 valence electrons. The Morgan fingerprint density at radius 2 is 1.65 bits per heavy atom. The number of carbonyl (C=O) groups is 1. The number of amides is 1. The third-order valence-electron chi connectivity index (χ3n) is 4.19. The smallest absolute Gasteiger partial charge is 0.416 e. The maximum Gasteiger partial charge on any atom is 0.416 e. The van der Waals surface area contributed by atoms with Crippen molar-refractivity contribution in [2.45, 2.75) is 6.18 Å². The Morgan fingerprint density at radius 3 is 2.42 bits per heavy atom. The summed E-state index contributed by atoms with van der Waals surface area (Å²) in [5.74, 6) is -0.378. The highest BCUT2D eigenvalue weighted by molar-refractivity contribution is 6.05. The Bertz CT molecular complexity index is 1210. The van der Waals surface area contributed by atoms with E-state index in [2.05, 4.69) is 15.5 Å². The van der Waals surface area contributed by atoms with E-state index in [4.69, 9.17) is 9.15 Å². The number of nitrogens with one attached hydrogen (secondary N) is 1. The molecule has 0 saturated heterocycles. The van der Waals surface area contributed by atoms with Crippen molar-refractivity contribution < 1.29 is 27.1 Å². The summed E-state index contributed by atoms with van der Waals surface area (Å²) >= 11 is 0. The Kier molecular flexibility index (Phi) is 5.40. The Morgan fingerprint density at radius 1 is 0.903 bits per heavy atom. The normalized spacial score (nSPS) is 11.2. The predicted octanol–water partition coefficient (Wildman–Crippen LogP) is 5.80. The number of alkyl halides is 3. The van der Waals surface area contributed by atoms with Crippen LogP contribution in [0.2, 0.25) is 0 Å². The summed E-state index contributed by atoms with van der Waals surface area (Å²) in [6.07, 6.45) is -4.51. The third kappa shape index (κ3) is 4.72. The molecule has 0 unspecified atom stereocenters. The number of rotatable bonds is 5. The molecule has 6 nitrogen and oxygen atoms in total. The third-order valence-corrected chi connectivity index (χ3v) is 4.19. The van der Waals surface area contributed by atoms with Gasteiger partial charge in [-0.2, -0.15) is 13.2 Å². The number of benzene rings is 3. The molecular formula is C22H14F3N3O3. The Hall–Kier alpha value is -4.14. The van der Waals surface area contributed by atoms with Gasteiger partial charge in [0.1, 0.15) is 11.5 Å². The van der Waals surface area contributed by atoms with Gasteiger partial charge in [-0.3, -0.25) is 10.1 Å². The fraction of sp³-hybridized carbons (Fsp3) is 0.0455. The maximum atomic E-state index is 12.9. The van der Waals surface area contributed by atoms with Gasteiger partial charge in [-0.15, -0.1) is 5.10 Å². The number of ether oxygens (including phenoxy) is 1. The van der Waals surface area contributed by atoms with Crippen molar-refractivity contribution in [3.05, 3.63) is 90.0 Å². The van der Waals surface area contributed by atoms with Gasteiger partial charge in [0, 0.05) is 5.56 Å². The molecule has 0 saturated carbocycles. The van der Waals surface area contributed by atoms with Crippen molar-refractivity contribution in [3.8, 4) is 23.0 Å². The number of carbonyl (C=O) groups excluding carboxylic acids is 1. The minimum absolute atomic E-state index is 0.0563. The van der Waals surface area contributed by atoms with Crippen LogP contribution in [-0.4, -0.2) is 16.1 Å². The van der Waals surface area contributed by atoms with Crippen LogP contribution in [0.25, 0.3) is 11.5 Å². The van der Waals surface area contributed by atoms with Gasteiger partial charge in [0.15, 0.2) is 0 Å². The highest BCUT2D eigenvalue weighted by Crippen LogP contribution is 2.33. The summed E-state index contributed by atoms with van der Waals surface area (Å²) in [5, 5.41) is 10.2. The first-order valence-corrected chi connectivity index (χ1v) is 9.04. The fourth-order valence-corrected chi connectivity index (χ4v) is 2.74. The zero-order valence-corrected chi connectivity index (χ0v) is 15.8. The molecule has 1 heterocycles. The molecule has 0 aliphatic heterocycles. The molecule has 0 radical (unpaired) electrons. The van der Waals surface area contributed by atoms with Crippen LogP contribution in [0.3, 0.4) is 0 Å². The number of hydrogen-bond donors (Lipinski definition) is 1. The number of halogens is 3. The van der Waals surface area contributed by atoms with Gasteiger partial charge in [0.2, 0.25) is 5.89 Å². The fourth-order valence-electron chi connectivity index (χ4n) is 2.74. The highest BCUT2D eigenvalue weighted by Gasteiger charge is 2.30. The van der Waals surface area contributed by atoms with Crippen molar-refractivity contribution >= 4 is 11.9 Å². The van der Waals surface area contributed by atoms with Crippen LogP contribution in [0.5, 0.6) is 11.5 Å². The summed E-state index contributed by atoms with van der Waals surface area (Å²) in [7, 11) is 0. The number of nitrogens with zero attached hydrogens (tertiary/aromatic N) is 2. The number of para-hydroxylation sites is 1. The maximum absolute atomic E-state index is 12.9. The van der Waals surface area contributed by atoms with Crippen molar-refractivity contribution in [3.63, 3.8) is 0 Å². The van der Waals surface area contributed by atoms with Gasteiger partial charge in [-0.25, -0.2) is 0 Å². The molecule has 0 bridgehead atoms. The second-order valence-corrected chi connectivity index (χ2v) is 6.36. The first-order valence-electron chi connectivity index (χ1n) is 9.04. The molecule has 3 aromatic carbocycles. The quantitative estimate of drug-likeness (QED) is 0.437. The molecular weight excluding hydrogens is 411 g/mol. The van der Waals surface area contributed by atoms with Gasteiger partial charge in [-0.05, 0) is 42.5 Å². The first-order chi connectivity index (χ1) is 14.9. The van der Waals surface area contributed by atoms with E-state index < -0.39 is 17.6 Å². The average molecular weight is 425 g/mol. The average Bonchev–Trinajstić information content (AvgIpc) is 3.23. The van der Waals surface area contributed by atoms with Gasteiger partial charge in [0.05, 0.1) is 11.1 Å². The number of hydrogen-bond acceptors (Lipinski definition) is 5. The standard InChI is InChI=1S/C22H14F3N3O3/c23-22(24,25)15-9-6-10-16(13-15)30-18-12-5-4-11-17(18)19(29)26-21-28-27-20(31-21)14-7-2-1-3-8-14/h1-13H,(H,26,28,29). The van der Waals surface area contributed by atoms with E-state index >= 15 is 0 Å². The van der Waals surface area contributed by atoms with Crippen LogP contribution in [-0.2, 0) is 6.18 Å². The molecule has 0 aliphatic carbocycles. The molecule has 31 heavy (non-hydrogen) atoms.